The second-order valence-corrected chi connectivity index (χ2v) is 5.51. The molecule has 1 aliphatic rings. The monoisotopic (exact) mass is 308 g/mol. The Morgan fingerprint density at radius 2 is 2.19 bits per heavy atom. The van der Waals surface area contributed by atoms with Crippen molar-refractivity contribution >= 4 is 28.8 Å². The van der Waals surface area contributed by atoms with Gasteiger partial charge >= 0.3 is 0 Å². The van der Waals surface area contributed by atoms with Crippen molar-refractivity contribution in [1.82, 2.24) is 0 Å². The number of thiocarbonyl (C=S) groups is 1. The van der Waals surface area contributed by atoms with Crippen molar-refractivity contribution in [3.63, 3.8) is 0 Å². The van der Waals surface area contributed by atoms with Gasteiger partial charge in [0.15, 0.2) is 0 Å². The largest absolute Gasteiger partial charge is 0.487 e. The maximum atomic E-state index is 12.2. The van der Waals surface area contributed by atoms with E-state index in [-0.39, 0.29) is 24.5 Å². The Bertz CT molecular complexity index is 504. The van der Waals surface area contributed by atoms with Gasteiger partial charge in [-0.1, -0.05) is 19.1 Å². The fourth-order valence-electron chi connectivity index (χ4n) is 2.37. The van der Waals surface area contributed by atoms with Crippen molar-refractivity contribution in [2.75, 3.05) is 18.5 Å². The lowest BCUT2D eigenvalue weighted by Gasteiger charge is -2.16. The van der Waals surface area contributed by atoms with Crippen molar-refractivity contribution in [3.8, 4) is 5.75 Å². The van der Waals surface area contributed by atoms with E-state index >= 15 is 0 Å². The summed E-state index contributed by atoms with van der Waals surface area (Å²) in [4.78, 5) is 12.5. The molecule has 2 atom stereocenters. The second-order valence-electron chi connectivity index (χ2n) is 4.98. The Balaban J connectivity index is 1.90. The van der Waals surface area contributed by atoms with Crippen molar-refractivity contribution in [3.05, 3.63) is 24.3 Å². The Labute approximate surface area is 129 Å². The number of nitrogens with two attached hydrogens (primary N) is 1. The van der Waals surface area contributed by atoms with Gasteiger partial charge < -0.3 is 20.5 Å². The number of nitrogens with one attached hydrogen (secondary N) is 1. The molecule has 1 aromatic rings. The number of amides is 1. The van der Waals surface area contributed by atoms with Crippen LogP contribution in [-0.4, -0.2) is 30.2 Å². The fourth-order valence-corrected chi connectivity index (χ4v) is 2.43. The highest BCUT2D eigenvalue weighted by molar-refractivity contribution is 7.80. The van der Waals surface area contributed by atoms with Gasteiger partial charge in [0.05, 0.1) is 12.0 Å². The lowest BCUT2D eigenvalue weighted by Crippen LogP contribution is -2.29. The Morgan fingerprint density at radius 3 is 2.81 bits per heavy atom. The average Bonchev–Trinajstić information content (AvgIpc) is 2.95. The summed E-state index contributed by atoms with van der Waals surface area (Å²) in [6, 6.07) is 7.14. The van der Waals surface area contributed by atoms with Gasteiger partial charge in [0.25, 0.3) is 0 Å². The van der Waals surface area contributed by atoms with E-state index in [4.69, 9.17) is 27.4 Å². The zero-order valence-corrected chi connectivity index (χ0v) is 12.8. The van der Waals surface area contributed by atoms with Crippen molar-refractivity contribution in [1.29, 1.82) is 0 Å². The molecule has 1 fully saturated rings. The van der Waals surface area contributed by atoms with Gasteiger partial charge in [0.1, 0.15) is 17.3 Å². The first-order chi connectivity index (χ1) is 10.1. The lowest BCUT2D eigenvalue weighted by atomic mass is 9.98. The maximum absolute atomic E-state index is 12.2. The molecule has 6 heteroatoms. The molecule has 5 nitrogen and oxygen atoms in total. The van der Waals surface area contributed by atoms with E-state index in [1.807, 2.05) is 6.92 Å². The predicted molar refractivity (Wildman–Crippen MR) is 85.5 cm³/mol. The molecule has 1 aromatic carbocycles. The number of rotatable bonds is 6. The normalized spacial score (nSPS) is 21.0. The van der Waals surface area contributed by atoms with Crippen LogP contribution in [0, 0.1) is 5.92 Å². The summed E-state index contributed by atoms with van der Waals surface area (Å²) in [6.45, 7) is 2.89. The van der Waals surface area contributed by atoms with E-state index in [1.165, 1.54) is 0 Å². The topological polar surface area (TPSA) is 73.6 Å². The summed E-state index contributed by atoms with van der Waals surface area (Å²) >= 11 is 4.75. The standard InChI is InChI=1S/C15H20N2O3S/c1-2-13-12(7-8-19-13)15(18)17-10-3-5-11(6-4-10)20-9-14(16)21/h3-6,12-13H,2,7-9H2,1H3,(H2,16,21)(H,17,18). The maximum Gasteiger partial charge on any atom is 0.230 e. The molecule has 1 amide bonds. The molecule has 0 saturated carbocycles. The van der Waals surface area contributed by atoms with E-state index in [1.54, 1.807) is 24.3 Å². The number of hydrogen-bond acceptors (Lipinski definition) is 4. The third-order valence-electron chi connectivity index (χ3n) is 3.45. The third kappa shape index (κ3) is 4.41. The summed E-state index contributed by atoms with van der Waals surface area (Å²) < 4.78 is 10.9. The van der Waals surface area contributed by atoms with E-state index < -0.39 is 0 Å². The minimum absolute atomic E-state index is 0.0103. The predicted octanol–water partition coefficient (Wildman–Crippen LogP) is 2.11. The van der Waals surface area contributed by atoms with Gasteiger partial charge in [-0.05, 0) is 37.1 Å². The average molecular weight is 308 g/mol. The SMILES string of the molecule is CCC1OCCC1C(=O)Nc1ccc(OCC(N)=S)cc1. The van der Waals surface area contributed by atoms with Crippen LogP contribution in [0.15, 0.2) is 24.3 Å². The van der Waals surface area contributed by atoms with Crippen LogP contribution >= 0.6 is 12.2 Å². The van der Waals surface area contributed by atoms with Crippen LogP contribution in [0.2, 0.25) is 0 Å². The highest BCUT2D eigenvalue weighted by Crippen LogP contribution is 2.25. The molecule has 0 aliphatic carbocycles. The Kier molecular flexibility index (Phi) is 5.52. The fraction of sp³-hybridized carbons (Fsp3) is 0.467. The van der Waals surface area contributed by atoms with Crippen LogP contribution in [0.3, 0.4) is 0 Å². The quantitative estimate of drug-likeness (QED) is 0.787. The summed E-state index contributed by atoms with van der Waals surface area (Å²) in [6.07, 6.45) is 1.65. The van der Waals surface area contributed by atoms with Crippen LogP contribution in [0.5, 0.6) is 5.75 Å². The molecule has 1 heterocycles. The molecule has 0 spiro atoms. The first-order valence-corrected chi connectivity index (χ1v) is 7.44. The van der Waals surface area contributed by atoms with Crippen molar-refractivity contribution in [2.45, 2.75) is 25.9 Å². The second kappa shape index (κ2) is 7.38. The third-order valence-corrected chi connectivity index (χ3v) is 3.57. The van der Waals surface area contributed by atoms with Crippen LogP contribution in [-0.2, 0) is 9.53 Å². The lowest BCUT2D eigenvalue weighted by molar-refractivity contribution is -0.121. The molecular weight excluding hydrogens is 288 g/mol. The Hall–Kier alpha value is -1.66. The van der Waals surface area contributed by atoms with Gasteiger partial charge in [-0.3, -0.25) is 4.79 Å². The number of carbonyl (C=O) groups excluding carboxylic acids is 1. The van der Waals surface area contributed by atoms with E-state index in [2.05, 4.69) is 5.32 Å². The molecule has 2 rings (SSSR count). The zero-order chi connectivity index (χ0) is 15.2. The molecule has 0 radical (unpaired) electrons. The molecule has 0 bridgehead atoms. The molecule has 1 saturated heterocycles. The summed E-state index contributed by atoms with van der Waals surface area (Å²) in [5, 5.41) is 2.92. The van der Waals surface area contributed by atoms with Crippen molar-refractivity contribution in [2.24, 2.45) is 11.7 Å². The first kappa shape index (κ1) is 15.7. The Morgan fingerprint density at radius 1 is 1.48 bits per heavy atom. The zero-order valence-electron chi connectivity index (χ0n) is 12.0. The number of anilines is 1. The van der Waals surface area contributed by atoms with Crippen LogP contribution in [0.4, 0.5) is 5.69 Å². The van der Waals surface area contributed by atoms with Gasteiger partial charge in [-0.2, -0.15) is 0 Å². The van der Waals surface area contributed by atoms with E-state index in [9.17, 15) is 4.79 Å². The van der Waals surface area contributed by atoms with Crippen molar-refractivity contribution < 1.29 is 14.3 Å². The molecule has 0 aromatic heterocycles. The van der Waals surface area contributed by atoms with Gasteiger partial charge in [-0.25, -0.2) is 0 Å². The number of hydrogen-bond donors (Lipinski definition) is 2. The minimum Gasteiger partial charge on any atom is -0.487 e. The van der Waals surface area contributed by atoms with Gasteiger partial charge in [-0.15, -0.1) is 0 Å². The summed E-state index contributed by atoms with van der Waals surface area (Å²) in [5.41, 5.74) is 6.11. The summed E-state index contributed by atoms with van der Waals surface area (Å²) in [7, 11) is 0. The van der Waals surface area contributed by atoms with Crippen LogP contribution < -0.4 is 15.8 Å². The smallest absolute Gasteiger partial charge is 0.230 e. The van der Waals surface area contributed by atoms with Crippen LogP contribution in [0.25, 0.3) is 0 Å². The molecule has 114 valence electrons. The molecule has 1 aliphatic heterocycles. The minimum atomic E-state index is -0.0689. The number of ether oxygens (including phenoxy) is 2. The highest BCUT2D eigenvalue weighted by atomic mass is 32.1. The van der Waals surface area contributed by atoms with E-state index in [0.717, 1.165) is 18.5 Å². The molecule has 3 N–H and O–H groups in total. The molecule has 21 heavy (non-hydrogen) atoms. The number of benzene rings is 1. The van der Waals surface area contributed by atoms with Crippen LogP contribution in [0.1, 0.15) is 19.8 Å². The van der Waals surface area contributed by atoms with E-state index in [0.29, 0.717) is 17.3 Å². The molecule has 2 unspecified atom stereocenters. The van der Waals surface area contributed by atoms with Gasteiger partial charge in [0.2, 0.25) is 5.91 Å². The highest BCUT2D eigenvalue weighted by Gasteiger charge is 2.32. The first-order valence-electron chi connectivity index (χ1n) is 7.03. The summed E-state index contributed by atoms with van der Waals surface area (Å²) in [5.74, 6) is 0.605. The molecular formula is C15H20N2O3S. The van der Waals surface area contributed by atoms with Gasteiger partial charge in [0, 0.05) is 12.3 Å². The number of carbonyl (C=O) groups is 1.